The zero-order valence-corrected chi connectivity index (χ0v) is 13.2. The number of rotatable bonds is 2. The number of aromatic nitrogens is 1. The van der Waals surface area contributed by atoms with Crippen LogP contribution in [0.15, 0.2) is 18.2 Å². The van der Waals surface area contributed by atoms with Crippen LogP contribution >= 0.6 is 11.6 Å². The number of aryl methyl sites for hydroxylation is 1. The normalized spacial score (nSPS) is 16.4. The lowest BCUT2D eigenvalue weighted by Crippen LogP contribution is -2.34. The summed E-state index contributed by atoms with van der Waals surface area (Å²) in [4.78, 5) is 18.4. The Labute approximate surface area is 129 Å². The smallest absolute Gasteiger partial charge is 0.153 e. The number of aldehydes is 1. The molecule has 2 aromatic rings. The van der Waals surface area contributed by atoms with Crippen molar-refractivity contribution in [3.8, 4) is 0 Å². The Balaban J connectivity index is 2.12. The second kappa shape index (κ2) is 5.64. The molecule has 0 N–H and O–H groups in total. The molecule has 0 bridgehead atoms. The molecule has 1 aliphatic heterocycles. The van der Waals surface area contributed by atoms with Crippen LogP contribution < -0.4 is 4.90 Å². The van der Waals surface area contributed by atoms with Crippen molar-refractivity contribution in [3.63, 3.8) is 0 Å². The fourth-order valence-electron chi connectivity index (χ4n) is 2.92. The van der Waals surface area contributed by atoms with E-state index in [4.69, 9.17) is 16.6 Å². The molecule has 1 fully saturated rings. The number of fused-ring (bicyclic) bond motifs is 1. The van der Waals surface area contributed by atoms with E-state index in [1.165, 1.54) is 0 Å². The van der Waals surface area contributed by atoms with Crippen LogP contribution in [0.2, 0.25) is 5.02 Å². The third-order valence-electron chi connectivity index (χ3n) is 4.39. The Morgan fingerprint density at radius 1 is 1.33 bits per heavy atom. The van der Waals surface area contributed by atoms with Gasteiger partial charge in [-0.1, -0.05) is 24.6 Å². The van der Waals surface area contributed by atoms with Gasteiger partial charge in [-0.25, -0.2) is 4.98 Å². The summed E-state index contributed by atoms with van der Waals surface area (Å²) in [6.45, 7) is 6.16. The summed E-state index contributed by atoms with van der Waals surface area (Å²) in [5.41, 5.74) is 2.53. The topological polar surface area (TPSA) is 33.2 Å². The molecular formula is C17H19ClN2O. The van der Waals surface area contributed by atoms with Gasteiger partial charge in [0, 0.05) is 23.5 Å². The first-order valence-electron chi connectivity index (χ1n) is 7.40. The van der Waals surface area contributed by atoms with Gasteiger partial charge in [-0.15, -0.1) is 0 Å². The van der Waals surface area contributed by atoms with Crippen LogP contribution in [0.5, 0.6) is 0 Å². The maximum absolute atomic E-state index is 11.4. The molecule has 1 aromatic heterocycles. The highest BCUT2D eigenvalue weighted by atomic mass is 35.5. The van der Waals surface area contributed by atoms with E-state index in [1.807, 2.05) is 25.1 Å². The van der Waals surface area contributed by atoms with Gasteiger partial charge in [0.25, 0.3) is 0 Å². The molecule has 0 amide bonds. The molecule has 1 aliphatic rings. The van der Waals surface area contributed by atoms with Gasteiger partial charge in [-0.2, -0.15) is 0 Å². The van der Waals surface area contributed by atoms with E-state index < -0.39 is 0 Å². The van der Waals surface area contributed by atoms with Gasteiger partial charge in [0.2, 0.25) is 0 Å². The summed E-state index contributed by atoms with van der Waals surface area (Å²) in [6, 6.07) is 5.70. The molecule has 0 aliphatic carbocycles. The number of halogens is 1. The minimum atomic E-state index is 0.666. The first-order valence-corrected chi connectivity index (χ1v) is 7.78. The standard InChI is InChI=1S/C17H19ClN2O/c1-11-5-7-20(8-6-11)17-14(10-21)9-13-3-4-15(18)12(2)16(13)19-17/h3-4,9-11H,5-8H2,1-2H3. The van der Waals surface area contributed by atoms with Crippen molar-refractivity contribution in [1.82, 2.24) is 4.98 Å². The average molecular weight is 303 g/mol. The van der Waals surface area contributed by atoms with E-state index in [-0.39, 0.29) is 0 Å². The molecule has 0 atom stereocenters. The van der Waals surface area contributed by atoms with Gasteiger partial charge >= 0.3 is 0 Å². The van der Waals surface area contributed by atoms with E-state index in [2.05, 4.69) is 11.8 Å². The van der Waals surface area contributed by atoms with Crippen molar-refractivity contribution in [2.24, 2.45) is 5.92 Å². The number of carbonyl (C=O) groups excluding carboxylic acids is 1. The minimum absolute atomic E-state index is 0.666. The second-order valence-corrected chi connectivity index (χ2v) is 6.34. The highest BCUT2D eigenvalue weighted by Gasteiger charge is 2.20. The summed E-state index contributed by atoms with van der Waals surface area (Å²) < 4.78 is 0. The summed E-state index contributed by atoms with van der Waals surface area (Å²) in [7, 11) is 0. The number of carbonyl (C=O) groups is 1. The number of hydrogen-bond acceptors (Lipinski definition) is 3. The lowest BCUT2D eigenvalue weighted by molar-refractivity contribution is 0.112. The SMILES string of the molecule is Cc1c(Cl)ccc2cc(C=O)c(N3CCC(C)CC3)nc12. The van der Waals surface area contributed by atoms with Crippen LogP contribution in [0, 0.1) is 12.8 Å². The van der Waals surface area contributed by atoms with Crippen molar-refractivity contribution in [1.29, 1.82) is 0 Å². The third kappa shape index (κ3) is 2.62. The van der Waals surface area contributed by atoms with Gasteiger partial charge in [0.1, 0.15) is 5.82 Å². The third-order valence-corrected chi connectivity index (χ3v) is 4.80. The number of piperidine rings is 1. The molecule has 1 saturated heterocycles. The molecular weight excluding hydrogens is 284 g/mol. The van der Waals surface area contributed by atoms with Crippen LogP contribution in [-0.2, 0) is 0 Å². The molecule has 4 heteroatoms. The number of benzene rings is 1. The Hall–Kier alpha value is -1.61. The molecule has 0 spiro atoms. The highest BCUT2D eigenvalue weighted by Crippen LogP contribution is 2.30. The largest absolute Gasteiger partial charge is 0.356 e. The fraction of sp³-hybridized carbons (Fsp3) is 0.412. The lowest BCUT2D eigenvalue weighted by Gasteiger charge is -2.32. The highest BCUT2D eigenvalue weighted by molar-refractivity contribution is 6.32. The maximum Gasteiger partial charge on any atom is 0.153 e. The summed E-state index contributed by atoms with van der Waals surface area (Å²) in [5.74, 6) is 1.55. The minimum Gasteiger partial charge on any atom is -0.356 e. The monoisotopic (exact) mass is 302 g/mol. The van der Waals surface area contributed by atoms with Gasteiger partial charge < -0.3 is 4.90 Å². The molecule has 0 radical (unpaired) electrons. The lowest BCUT2D eigenvalue weighted by atomic mass is 9.98. The van der Waals surface area contributed by atoms with E-state index in [0.29, 0.717) is 10.6 Å². The van der Waals surface area contributed by atoms with Crippen molar-refractivity contribution in [3.05, 3.63) is 34.3 Å². The fourth-order valence-corrected chi connectivity index (χ4v) is 3.08. The zero-order valence-electron chi connectivity index (χ0n) is 12.4. The zero-order chi connectivity index (χ0) is 15.0. The van der Waals surface area contributed by atoms with Crippen LogP contribution in [-0.4, -0.2) is 24.4 Å². The van der Waals surface area contributed by atoms with E-state index in [0.717, 1.165) is 60.4 Å². The molecule has 110 valence electrons. The first kappa shape index (κ1) is 14.3. The number of pyridine rings is 1. The van der Waals surface area contributed by atoms with Crippen molar-refractivity contribution in [2.45, 2.75) is 26.7 Å². The average Bonchev–Trinajstić information content (AvgIpc) is 2.51. The number of hydrogen-bond donors (Lipinski definition) is 0. The molecule has 0 saturated carbocycles. The van der Waals surface area contributed by atoms with Crippen LogP contribution in [0.4, 0.5) is 5.82 Å². The molecule has 0 unspecified atom stereocenters. The van der Waals surface area contributed by atoms with E-state index in [9.17, 15) is 4.79 Å². The van der Waals surface area contributed by atoms with Crippen LogP contribution in [0.3, 0.4) is 0 Å². The van der Waals surface area contributed by atoms with Gasteiger partial charge in [0.05, 0.1) is 11.1 Å². The van der Waals surface area contributed by atoms with Gasteiger partial charge in [-0.05, 0) is 43.4 Å². The van der Waals surface area contributed by atoms with Crippen molar-refractivity contribution < 1.29 is 4.79 Å². The number of anilines is 1. The predicted molar refractivity (Wildman–Crippen MR) is 87.5 cm³/mol. The summed E-state index contributed by atoms with van der Waals surface area (Å²) in [5, 5.41) is 1.68. The van der Waals surface area contributed by atoms with Crippen molar-refractivity contribution in [2.75, 3.05) is 18.0 Å². The van der Waals surface area contributed by atoms with E-state index in [1.54, 1.807) is 0 Å². The Morgan fingerprint density at radius 3 is 2.71 bits per heavy atom. The Kier molecular flexibility index (Phi) is 3.85. The van der Waals surface area contributed by atoms with E-state index >= 15 is 0 Å². The molecule has 2 heterocycles. The van der Waals surface area contributed by atoms with Gasteiger partial charge in [-0.3, -0.25) is 4.79 Å². The predicted octanol–water partition coefficient (Wildman–Crippen LogP) is 4.25. The Morgan fingerprint density at radius 2 is 2.05 bits per heavy atom. The maximum atomic E-state index is 11.4. The molecule has 21 heavy (non-hydrogen) atoms. The van der Waals surface area contributed by atoms with Crippen LogP contribution in [0.1, 0.15) is 35.7 Å². The van der Waals surface area contributed by atoms with Crippen LogP contribution in [0.25, 0.3) is 10.9 Å². The number of nitrogens with zero attached hydrogens (tertiary/aromatic N) is 2. The first-order chi connectivity index (χ1) is 10.1. The second-order valence-electron chi connectivity index (χ2n) is 5.93. The quantitative estimate of drug-likeness (QED) is 0.778. The molecule has 3 nitrogen and oxygen atoms in total. The summed E-state index contributed by atoms with van der Waals surface area (Å²) >= 11 is 6.20. The van der Waals surface area contributed by atoms with Gasteiger partial charge in [0.15, 0.2) is 6.29 Å². The Bertz CT molecular complexity index is 691. The summed E-state index contributed by atoms with van der Waals surface area (Å²) in [6.07, 6.45) is 3.20. The van der Waals surface area contributed by atoms with Crippen molar-refractivity contribution >= 4 is 34.6 Å². The molecule has 1 aromatic carbocycles. The molecule has 3 rings (SSSR count).